The molecule has 4 N–H and O–H groups in total. The van der Waals surface area contributed by atoms with Crippen LogP contribution in [0.1, 0.15) is 25.7 Å². The zero-order chi connectivity index (χ0) is 12.0. The van der Waals surface area contributed by atoms with Crippen LogP contribution in [0, 0.1) is 0 Å². The van der Waals surface area contributed by atoms with Gasteiger partial charge in [-0.05, 0) is 25.7 Å². The van der Waals surface area contributed by atoms with Crippen LogP contribution >= 0.6 is 0 Å². The van der Waals surface area contributed by atoms with Crippen molar-refractivity contribution in [1.29, 1.82) is 0 Å². The fourth-order valence-corrected chi connectivity index (χ4v) is 1.64. The van der Waals surface area contributed by atoms with Crippen LogP contribution in [0.2, 0.25) is 0 Å². The predicted molar refractivity (Wildman–Crippen MR) is 61.6 cm³/mol. The molecule has 1 rings (SSSR count). The van der Waals surface area contributed by atoms with Gasteiger partial charge in [0.25, 0.3) is 0 Å². The lowest BCUT2D eigenvalue weighted by Crippen LogP contribution is -2.50. The van der Waals surface area contributed by atoms with Crippen LogP contribution in [-0.4, -0.2) is 30.4 Å². The maximum absolute atomic E-state index is 11.6. The Bertz CT molecular complexity index is 278. The number of nitrogens with one attached hydrogen (secondary N) is 2. The summed E-state index contributed by atoms with van der Waals surface area (Å²) >= 11 is 0. The van der Waals surface area contributed by atoms with Gasteiger partial charge >= 0.3 is 0 Å². The van der Waals surface area contributed by atoms with Crippen molar-refractivity contribution < 1.29 is 9.59 Å². The van der Waals surface area contributed by atoms with Crippen molar-refractivity contribution in [3.8, 4) is 0 Å². The Balaban J connectivity index is 2.47. The summed E-state index contributed by atoms with van der Waals surface area (Å²) in [6, 6.07) is -1.06. The molecule has 0 spiro atoms. The lowest BCUT2D eigenvalue weighted by Gasteiger charge is -2.17. The van der Waals surface area contributed by atoms with Gasteiger partial charge in [-0.1, -0.05) is 6.08 Å². The standard InChI is InChI=1S/C11H19N3O2/c1-2-5-8(12)10(15)14-9-6-3-4-7-13-11(9)16/h2,8-9H,1,3-7,12H2,(H,13,16)(H,14,15). The first kappa shape index (κ1) is 12.7. The van der Waals surface area contributed by atoms with Crippen LogP contribution < -0.4 is 16.4 Å². The highest BCUT2D eigenvalue weighted by atomic mass is 16.2. The fraction of sp³-hybridized carbons (Fsp3) is 0.636. The molecule has 5 nitrogen and oxygen atoms in total. The van der Waals surface area contributed by atoms with Crippen molar-refractivity contribution in [3.05, 3.63) is 12.7 Å². The summed E-state index contributed by atoms with van der Waals surface area (Å²) in [7, 11) is 0. The Morgan fingerprint density at radius 3 is 3.12 bits per heavy atom. The van der Waals surface area contributed by atoms with Crippen molar-refractivity contribution in [2.24, 2.45) is 5.73 Å². The lowest BCUT2D eigenvalue weighted by molar-refractivity contribution is -0.129. The topological polar surface area (TPSA) is 84.2 Å². The Morgan fingerprint density at radius 1 is 1.69 bits per heavy atom. The molecule has 5 heteroatoms. The quantitative estimate of drug-likeness (QED) is 0.573. The van der Waals surface area contributed by atoms with Gasteiger partial charge in [0, 0.05) is 6.54 Å². The molecule has 0 aromatic rings. The van der Waals surface area contributed by atoms with Crippen LogP contribution in [0.25, 0.3) is 0 Å². The van der Waals surface area contributed by atoms with Crippen molar-refractivity contribution in [3.63, 3.8) is 0 Å². The summed E-state index contributed by atoms with van der Waals surface area (Å²) in [5.74, 6) is -0.404. The largest absolute Gasteiger partial charge is 0.354 e. The van der Waals surface area contributed by atoms with Crippen LogP contribution in [0.3, 0.4) is 0 Å². The van der Waals surface area contributed by atoms with E-state index in [1.807, 2.05) is 0 Å². The van der Waals surface area contributed by atoms with Crippen molar-refractivity contribution in [2.45, 2.75) is 37.8 Å². The fourth-order valence-electron chi connectivity index (χ4n) is 1.64. The van der Waals surface area contributed by atoms with Gasteiger partial charge in [0.05, 0.1) is 6.04 Å². The Hall–Kier alpha value is -1.36. The van der Waals surface area contributed by atoms with Crippen LogP contribution in [0.5, 0.6) is 0 Å². The van der Waals surface area contributed by atoms with Gasteiger partial charge in [0.15, 0.2) is 0 Å². The molecule has 2 unspecified atom stereocenters. The van der Waals surface area contributed by atoms with E-state index in [0.717, 1.165) is 12.8 Å². The van der Waals surface area contributed by atoms with Crippen molar-refractivity contribution >= 4 is 11.8 Å². The second kappa shape index (κ2) is 6.27. The molecule has 0 bridgehead atoms. The molecule has 2 amide bonds. The molecule has 16 heavy (non-hydrogen) atoms. The first-order valence-corrected chi connectivity index (χ1v) is 5.59. The normalized spacial score (nSPS) is 22.8. The molecule has 1 aliphatic rings. The van der Waals surface area contributed by atoms with Crippen molar-refractivity contribution in [2.75, 3.05) is 6.54 Å². The minimum Gasteiger partial charge on any atom is -0.354 e. The maximum atomic E-state index is 11.6. The number of amides is 2. The van der Waals surface area contributed by atoms with E-state index in [1.54, 1.807) is 6.08 Å². The van der Waals surface area contributed by atoms with E-state index in [4.69, 9.17) is 5.73 Å². The first-order valence-electron chi connectivity index (χ1n) is 5.59. The highest BCUT2D eigenvalue weighted by molar-refractivity contribution is 5.89. The van der Waals surface area contributed by atoms with Gasteiger partial charge in [-0.2, -0.15) is 0 Å². The minimum atomic E-state index is -0.617. The molecular weight excluding hydrogens is 206 g/mol. The summed E-state index contributed by atoms with van der Waals surface area (Å²) in [5, 5.41) is 5.43. The van der Waals surface area contributed by atoms with Crippen LogP contribution in [0.4, 0.5) is 0 Å². The van der Waals surface area contributed by atoms with Gasteiger partial charge in [-0.25, -0.2) is 0 Å². The molecule has 0 radical (unpaired) electrons. The smallest absolute Gasteiger partial charge is 0.242 e. The average Bonchev–Trinajstić information content (AvgIpc) is 2.45. The molecule has 90 valence electrons. The van der Waals surface area contributed by atoms with E-state index >= 15 is 0 Å². The molecule has 0 aliphatic carbocycles. The van der Waals surface area contributed by atoms with E-state index in [1.165, 1.54) is 0 Å². The Morgan fingerprint density at radius 2 is 2.44 bits per heavy atom. The van der Waals surface area contributed by atoms with Gasteiger partial charge < -0.3 is 16.4 Å². The molecule has 0 aromatic carbocycles. The monoisotopic (exact) mass is 225 g/mol. The Kier molecular flexibility index (Phi) is 4.98. The second-order valence-corrected chi connectivity index (χ2v) is 3.98. The molecule has 1 aliphatic heterocycles. The van der Waals surface area contributed by atoms with Gasteiger partial charge in [0.1, 0.15) is 6.04 Å². The number of rotatable bonds is 4. The lowest BCUT2D eigenvalue weighted by atomic mass is 10.1. The molecule has 1 saturated heterocycles. The third kappa shape index (κ3) is 3.66. The van der Waals surface area contributed by atoms with Crippen LogP contribution in [-0.2, 0) is 9.59 Å². The average molecular weight is 225 g/mol. The summed E-state index contributed by atoms with van der Waals surface area (Å²) in [6.45, 7) is 4.20. The zero-order valence-electron chi connectivity index (χ0n) is 9.37. The molecule has 0 aromatic heterocycles. The van der Waals surface area contributed by atoms with E-state index in [2.05, 4.69) is 17.2 Å². The van der Waals surface area contributed by atoms with Crippen LogP contribution in [0.15, 0.2) is 12.7 Å². The molecule has 1 fully saturated rings. The van der Waals surface area contributed by atoms with E-state index in [9.17, 15) is 9.59 Å². The third-order valence-electron chi connectivity index (χ3n) is 2.61. The SMILES string of the molecule is C=CCC(N)C(=O)NC1CCCCNC1=O. The maximum Gasteiger partial charge on any atom is 0.242 e. The summed E-state index contributed by atoms with van der Waals surface area (Å²) < 4.78 is 0. The number of hydrogen-bond donors (Lipinski definition) is 3. The van der Waals surface area contributed by atoms with Crippen molar-refractivity contribution in [1.82, 2.24) is 10.6 Å². The summed E-state index contributed by atoms with van der Waals surface area (Å²) in [5.41, 5.74) is 5.61. The van der Waals surface area contributed by atoms with Gasteiger partial charge in [-0.15, -0.1) is 6.58 Å². The number of hydrogen-bond acceptors (Lipinski definition) is 3. The number of nitrogens with two attached hydrogens (primary N) is 1. The molecular formula is C11H19N3O2. The number of carbonyl (C=O) groups is 2. The van der Waals surface area contributed by atoms with Gasteiger partial charge in [-0.3, -0.25) is 9.59 Å². The molecule has 1 heterocycles. The van der Waals surface area contributed by atoms with E-state index in [-0.39, 0.29) is 11.8 Å². The van der Waals surface area contributed by atoms with E-state index in [0.29, 0.717) is 19.4 Å². The number of carbonyl (C=O) groups excluding carboxylic acids is 2. The second-order valence-electron chi connectivity index (χ2n) is 3.98. The molecule has 0 saturated carbocycles. The zero-order valence-corrected chi connectivity index (χ0v) is 9.37. The highest BCUT2D eigenvalue weighted by Crippen LogP contribution is 2.05. The molecule has 2 atom stereocenters. The third-order valence-corrected chi connectivity index (χ3v) is 2.61. The highest BCUT2D eigenvalue weighted by Gasteiger charge is 2.24. The Labute approximate surface area is 95.5 Å². The predicted octanol–water partition coefficient (Wildman–Crippen LogP) is -0.325. The van der Waals surface area contributed by atoms with Gasteiger partial charge in [0.2, 0.25) is 11.8 Å². The summed E-state index contributed by atoms with van der Waals surface area (Å²) in [6.07, 6.45) is 4.58. The minimum absolute atomic E-state index is 0.114. The summed E-state index contributed by atoms with van der Waals surface area (Å²) in [4.78, 5) is 23.1. The van der Waals surface area contributed by atoms with E-state index < -0.39 is 12.1 Å². The first-order chi connectivity index (χ1) is 7.65.